The monoisotopic (exact) mass is 306 g/mol. The van der Waals surface area contributed by atoms with E-state index in [0.717, 1.165) is 34.6 Å². The molecule has 0 fully saturated rings. The van der Waals surface area contributed by atoms with Gasteiger partial charge in [-0.3, -0.25) is 9.25 Å². The molecular formula is C14H18N4S2. The number of rotatable bonds is 3. The number of aromatic nitrogens is 4. The molecule has 0 spiro atoms. The topological polar surface area (TPSA) is 38.5 Å². The normalized spacial score (nSPS) is 11.6. The zero-order valence-electron chi connectivity index (χ0n) is 12.1. The van der Waals surface area contributed by atoms with Gasteiger partial charge in [0.15, 0.2) is 10.4 Å². The third-order valence-electron chi connectivity index (χ3n) is 3.69. The molecule has 3 heterocycles. The maximum absolute atomic E-state index is 5.48. The van der Waals surface area contributed by atoms with E-state index in [1.165, 1.54) is 15.3 Å². The molecule has 106 valence electrons. The van der Waals surface area contributed by atoms with Crippen LogP contribution in [-0.2, 0) is 20.0 Å². The van der Waals surface area contributed by atoms with Gasteiger partial charge in [0.25, 0.3) is 0 Å². The first-order valence-electron chi connectivity index (χ1n) is 6.71. The summed E-state index contributed by atoms with van der Waals surface area (Å²) in [5.41, 5.74) is 4.58. The third-order valence-corrected chi connectivity index (χ3v) is 5.15. The van der Waals surface area contributed by atoms with Crippen LogP contribution in [0.25, 0.3) is 11.2 Å². The smallest absolute Gasteiger partial charge is 0.179 e. The maximum Gasteiger partial charge on any atom is 0.179 e. The predicted molar refractivity (Wildman–Crippen MR) is 86.2 cm³/mol. The minimum atomic E-state index is 0.770. The summed E-state index contributed by atoms with van der Waals surface area (Å²) in [5, 5.41) is 4.56. The number of H-pyrrole nitrogens is 1. The van der Waals surface area contributed by atoms with Crippen molar-refractivity contribution in [2.75, 3.05) is 0 Å². The summed E-state index contributed by atoms with van der Waals surface area (Å²) in [6, 6.07) is 2.25. The number of nitrogens with zero attached hydrogens (tertiary/aromatic N) is 3. The Labute approximate surface area is 127 Å². The second-order valence-electron chi connectivity index (χ2n) is 5.09. The average molecular weight is 306 g/mol. The molecule has 0 saturated heterocycles. The average Bonchev–Trinajstić information content (AvgIpc) is 2.98. The summed E-state index contributed by atoms with van der Waals surface area (Å²) in [7, 11) is 1.98. The highest BCUT2D eigenvalue weighted by molar-refractivity contribution is 7.71. The summed E-state index contributed by atoms with van der Waals surface area (Å²) >= 11 is 7.32. The van der Waals surface area contributed by atoms with Crippen LogP contribution in [0.15, 0.2) is 6.07 Å². The fourth-order valence-corrected chi connectivity index (χ4v) is 3.85. The van der Waals surface area contributed by atoms with E-state index in [4.69, 9.17) is 12.2 Å². The number of aromatic amines is 1. The van der Waals surface area contributed by atoms with Gasteiger partial charge in [0.05, 0.1) is 12.2 Å². The molecule has 3 aromatic rings. The second kappa shape index (κ2) is 4.86. The molecule has 1 N–H and O–H groups in total. The molecule has 3 aromatic heterocycles. The highest BCUT2D eigenvalue weighted by atomic mass is 32.1. The predicted octanol–water partition coefficient (Wildman–Crippen LogP) is 3.72. The summed E-state index contributed by atoms with van der Waals surface area (Å²) in [5.74, 6) is 0. The highest BCUT2D eigenvalue weighted by Gasteiger charge is 2.15. The van der Waals surface area contributed by atoms with Crippen LogP contribution >= 0.6 is 23.6 Å². The Hall–Kier alpha value is -1.40. The molecular weight excluding hydrogens is 288 g/mol. The first kappa shape index (κ1) is 13.6. The number of hydrogen-bond donors (Lipinski definition) is 1. The molecule has 0 bridgehead atoms. The Bertz CT molecular complexity index is 812. The van der Waals surface area contributed by atoms with Crippen molar-refractivity contribution in [1.82, 2.24) is 19.3 Å². The van der Waals surface area contributed by atoms with E-state index in [1.54, 1.807) is 0 Å². The molecule has 0 unspecified atom stereocenters. The Morgan fingerprint density at radius 2 is 2.15 bits per heavy atom. The molecule has 0 amide bonds. The lowest BCUT2D eigenvalue weighted by molar-refractivity contribution is 0.712. The maximum atomic E-state index is 5.48. The minimum Gasteiger partial charge on any atom is -0.328 e. The Balaban J connectivity index is 2.13. The van der Waals surface area contributed by atoms with Gasteiger partial charge < -0.3 is 4.98 Å². The zero-order chi connectivity index (χ0) is 14.4. The molecule has 0 radical (unpaired) electrons. The van der Waals surface area contributed by atoms with Gasteiger partial charge in [-0.15, -0.1) is 11.3 Å². The summed E-state index contributed by atoms with van der Waals surface area (Å²) in [4.78, 5) is 6.01. The fourth-order valence-electron chi connectivity index (χ4n) is 2.56. The molecule has 0 aliphatic rings. The lowest BCUT2D eigenvalue weighted by atomic mass is 10.3. The Morgan fingerprint density at radius 1 is 1.40 bits per heavy atom. The molecule has 0 aliphatic carbocycles. The number of nitrogens with one attached hydrogen (secondary N) is 1. The van der Waals surface area contributed by atoms with Gasteiger partial charge in [0.2, 0.25) is 0 Å². The van der Waals surface area contributed by atoms with Crippen molar-refractivity contribution in [3.63, 3.8) is 0 Å². The number of aryl methyl sites for hydroxylation is 4. The van der Waals surface area contributed by atoms with Crippen LogP contribution in [0, 0.1) is 18.6 Å². The van der Waals surface area contributed by atoms with Crippen molar-refractivity contribution in [2.45, 2.75) is 33.7 Å². The Morgan fingerprint density at radius 3 is 2.75 bits per heavy atom. The van der Waals surface area contributed by atoms with Gasteiger partial charge in [-0.2, -0.15) is 5.10 Å². The van der Waals surface area contributed by atoms with Crippen LogP contribution in [-0.4, -0.2) is 19.3 Å². The van der Waals surface area contributed by atoms with Crippen LogP contribution in [0.2, 0.25) is 0 Å². The van der Waals surface area contributed by atoms with Crippen LogP contribution in [0.1, 0.15) is 27.9 Å². The number of fused-ring (bicyclic) bond motifs is 1. The minimum absolute atomic E-state index is 0.770. The van der Waals surface area contributed by atoms with Gasteiger partial charge >= 0.3 is 0 Å². The van der Waals surface area contributed by atoms with Crippen molar-refractivity contribution in [3.8, 4) is 0 Å². The third kappa shape index (κ3) is 2.03. The van der Waals surface area contributed by atoms with Gasteiger partial charge in [-0.05, 0) is 44.1 Å². The number of imidazole rings is 1. The van der Waals surface area contributed by atoms with Gasteiger partial charge in [0, 0.05) is 16.8 Å². The van der Waals surface area contributed by atoms with Crippen LogP contribution in [0.5, 0.6) is 0 Å². The lowest BCUT2D eigenvalue weighted by Crippen LogP contribution is -2.03. The molecule has 3 rings (SSSR count). The summed E-state index contributed by atoms with van der Waals surface area (Å²) in [6.45, 7) is 7.23. The van der Waals surface area contributed by atoms with Crippen molar-refractivity contribution in [1.29, 1.82) is 0 Å². The van der Waals surface area contributed by atoms with Gasteiger partial charge in [-0.25, -0.2) is 0 Å². The van der Waals surface area contributed by atoms with Crippen molar-refractivity contribution in [3.05, 3.63) is 31.8 Å². The van der Waals surface area contributed by atoms with Crippen LogP contribution in [0.3, 0.4) is 0 Å². The van der Waals surface area contributed by atoms with Gasteiger partial charge in [0.1, 0.15) is 5.52 Å². The first-order chi connectivity index (χ1) is 9.51. The fraction of sp³-hybridized carbons (Fsp3) is 0.429. The quantitative estimate of drug-likeness (QED) is 0.749. The van der Waals surface area contributed by atoms with Crippen LogP contribution < -0.4 is 0 Å². The molecule has 0 atom stereocenters. The van der Waals surface area contributed by atoms with Gasteiger partial charge in [-0.1, -0.05) is 6.92 Å². The van der Waals surface area contributed by atoms with E-state index in [2.05, 4.69) is 41.5 Å². The molecule has 0 aliphatic heterocycles. The Kier molecular flexibility index (Phi) is 3.30. The van der Waals surface area contributed by atoms with Crippen LogP contribution in [0.4, 0.5) is 0 Å². The second-order valence-corrected chi connectivity index (χ2v) is 6.82. The molecule has 4 nitrogen and oxygen atoms in total. The largest absolute Gasteiger partial charge is 0.328 e. The van der Waals surface area contributed by atoms with E-state index in [1.807, 2.05) is 23.1 Å². The molecule has 6 heteroatoms. The first-order valence-corrected chi connectivity index (χ1v) is 7.94. The van der Waals surface area contributed by atoms with E-state index in [0.29, 0.717) is 0 Å². The molecule has 20 heavy (non-hydrogen) atoms. The van der Waals surface area contributed by atoms with E-state index in [-0.39, 0.29) is 0 Å². The summed E-state index contributed by atoms with van der Waals surface area (Å²) < 4.78 is 4.83. The molecule has 0 aromatic carbocycles. The van der Waals surface area contributed by atoms with E-state index in [9.17, 15) is 0 Å². The summed E-state index contributed by atoms with van der Waals surface area (Å²) in [6.07, 6.45) is 0.907. The van der Waals surface area contributed by atoms with Crippen molar-refractivity contribution in [2.24, 2.45) is 7.05 Å². The zero-order valence-corrected chi connectivity index (χ0v) is 13.8. The number of thiophene rings is 1. The van der Waals surface area contributed by atoms with Crippen molar-refractivity contribution < 1.29 is 0 Å². The SMILES string of the molecule is CCc1nn(C)c2c1[nH]c(=S)n2Cc1cc(C)c(C)s1. The lowest BCUT2D eigenvalue weighted by Gasteiger charge is -2.02. The van der Waals surface area contributed by atoms with Crippen molar-refractivity contribution >= 4 is 34.7 Å². The standard InChI is InChI=1S/C14H18N4S2/c1-5-11-12-13(17(4)16-11)18(14(19)15-12)7-10-6-8(2)9(3)20-10/h6H,5,7H2,1-4H3,(H,15,19). The van der Waals surface area contributed by atoms with E-state index < -0.39 is 0 Å². The highest BCUT2D eigenvalue weighted by Crippen LogP contribution is 2.24. The number of hydrogen-bond acceptors (Lipinski definition) is 3. The van der Waals surface area contributed by atoms with E-state index >= 15 is 0 Å². The molecule has 0 saturated carbocycles.